The van der Waals surface area contributed by atoms with E-state index in [-0.39, 0.29) is 11.9 Å². The first-order valence-corrected chi connectivity index (χ1v) is 6.67. The standard InChI is InChI=1S/C14H18ClFN2/c15-11-6-7-12(13(16)9-11)14(18-17)8-10-4-2-1-3-5-10/h4,6-7,9,14,18H,1-3,5,8,17H2. The van der Waals surface area contributed by atoms with Gasteiger partial charge in [-0.25, -0.2) is 4.39 Å². The van der Waals surface area contributed by atoms with E-state index in [0.29, 0.717) is 10.6 Å². The first-order valence-electron chi connectivity index (χ1n) is 6.29. The molecule has 1 aromatic carbocycles. The third kappa shape index (κ3) is 3.31. The summed E-state index contributed by atoms with van der Waals surface area (Å²) < 4.78 is 13.8. The van der Waals surface area contributed by atoms with Gasteiger partial charge in [0.25, 0.3) is 0 Å². The minimum absolute atomic E-state index is 0.188. The SMILES string of the molecule is NNC(CC1=CCCCC1)c1ccc(Cl)cc1F. The van der Waals surface area contributed by atoms with Crippen LogP contribution in [-0.2, 0) is 0 Å². The van der Waals surface area contributed by atoms with E-state index in [1.807, 2.05) is 0 Å². The van der Waals surface area contributed by atoms with Crippen molar-refractivity contribution >= 4 is 11.6 Å². The van der Waals surface area contributed by atoms with E-state index in [1.54, 1.807) is 12.1 Å². The van der Waals surface area contributed by atoms with Crippen LogP contribution in [-0.4, -0.2) is 0 Å². The predicted molar refractivity (Wildman–Crippen MR) is 72.6 cm³/mol. The van der Waals surface area contributed by atoms with Gasteiger partial charge in [-0.05, 0) is 44.2 Å². The molecular formula is C14H18ClFN2. The molecule has 0 bridgehead atoms. The van der Waals surface area contributed by atoms with Crippen LogP contribution in [0.1, 0.15) is 43.7 Å². The Labute approximate surface area is 112 Å². The third-order valence-corrected chi connectivity index (χ3v) is 3.63. The van der Waals surface area contributed by atoms with Crippen LogP contribution < -0.4 is 11.3 Å². The zero-order valence-corrected chi connectivity index (χ0v) is 11.0. The summed E-state index contributed by atoms with van der Waals surface area (Å²) in [5, 5.41) is 0.406. The quantitative estimate of drug-likeness (QED) is 0.494. The van der Waals surface area contributed by atoms with Crippen molar-refractivity contribution in [1.29, 1.82) is 0 Å². The van der Waals surface area contributed by atoms with E-state index < -0.39 is 0 Å². The summed E-state index contributed by atoms with van der Waals surface area (Å²) in [4.78, 5) is 0. The van der Waals surface area contributed by atoms with Gasteiger partial charge in [-0.3, -0.25) is 11.3 Å². The van der Waals surface area contributed by atoms with Crippen molar-refractivity contribution in [3.8, 4) is 0 Å². The first-order chi connectivity index (χ1) is 8.70. The summed E-state index contributed by atoms with van der Waals surface area (Å²) in [5.74, 6) is 5.25. The van der Waals surface area contributed by atoms with Crippen molar-refractivity contribution in [3.63, 3.8) is 0 Å². The average Bonchev–Trinajstić information content (AvgIpc) is 2.38. The number of benzene rings is 1. The molecule has 0 saturated carbocycles. The van der Waals surface area contributed by atoms with Crippen LogP contribution in [0.2, 0.25) is 5.02 Å². The number of hydrazine groups is 1. The number of nitrogens with one attached hydrogen (secondary N) is 1. The molecule has 0 aliphatic heterocycles. The van der Waals surface area contributed by atoms with Crippen molar-refractivity contribution in [2.45, 2.75) is 38.1 Å². The molecule has 98 valence electrons. The lowest BCUT2D eigenvalue weighted by Crippen LogP contribution is -2.29. The van der Waals surface area contributed by atoms with E-state index in [1.165, 1.54) is 24.5 Å². The summed E-state index contributed by atoms with van der Waals surface area (Å²) in [6.45, 7) is 0. The van der Waals surface area contributed by atoms with Crippen LogP contribution in [0, 0.1) is 5.82 Å². The van der Waals surface area contributed by atoms with Gasteiger partial charge in [0.05, 0.1) is 6.04 Å². The fourth-order valence-electron chi connectivity index (χ4n) is 2.39. The van der Waals surface area contributed by atoms with Gasteiger partial charge < -0.3 is 0 Å². The lowest BCUT2D eigenvalue weighted by molar-refractivity contribution is 0.497. The average molecular weight is 269 g/mol. The Kier molecular flexibility index (Phi) is 4.75. The van der Waals surface area contributed by atoms with Crippen molar-refractivity contribution in [2.75, 3.05) is 0 Å². The molecule has 1 aliphatic rings. The molecule has 2 rings (SSSR count). The zero-order valence-electron chi connectivity index (χ0n) is 10.3. The maximum absolute atomic E-state index is 13.8. The second-order valence-electron chi connectivity index (χ2n) is 4.70. The Hall–Kier alpha value is -0.900. The summed E-state index contributed by atoms with van der Waals surface area (Å²) >= 11 is 5.75. The zero-order chi connectivity index (χ0) is 13.0. The number of hydrogen-bond donors (Lipinski definition) is 2. The Morgan fingerprint density at radius 2 is 2.22 bits per heavy atom. The molecule has 1 atom stereocenters. The van der Waals surface area contributed by atoms with Crippen molar-refractivity contribution < 1.29 is 4.39 Å². The molecule has 1 aromatic rings. The Bertz CT molecular complexity index is 445. The summed E-state index contributed by atoms with van der Waals surface area (Å²) in [6, 6.07) is 4.54. The second kappa shape index (κ2) is 6.32. The predicted octanol–water partition coefficient (Wildman–Crippen LogP) is 3.87. The van der Waals surface area contributed by atoms with Gasteiger partial charge >= 0.3 is 0 Å². The highest BCUT2D eigenvalue weighted by Gasteiger charge is 2.17. The van der Waals surface area contributed by atoms with Crippen molar-refractivity contribution in [2.24, 2.45) is 5.84 Å². The fourth-order valence-corrected chi connectivity index (χ4v) is 2.55. The van der Waals surface area contributed by atoms with Gasteiger partial charge in [-0.15, -0.1) is 0 Å². The Balaban J connectivity index is 2.14. The minimum atomic E-state index is -0.304. The number of rotatable bonds is 4. The lowest BCUT2D eigenvalue weighted by atomic mass is 9.91. The summed E-state index contributed by atoms with van der Waals surface area (Å²) in [5.41, 5.74) is 4.64. The highest BCUT2D eigenvalue weighted by molar-refractivity contribution is 6.30. The van der Waals surface area contributed by atoms with Crippen LogP contribution >= 0.6 is 11.6 Å². The molecule has 0 spiro atoms. The van der Waals surface area contributed by atoms with Crippen molar-refractivity contribution in [1.82, 2.24) is 5.43 Å². The highest BCUT2D eigenvalue weighted by Crippen LogP contribution is 2.29. The molecule has 18 heavy (non-hydrogen) atoms. The van der Waals surface area contributed by atoms with Gasteiger partial charge in [0.1, 0.15) is 5.82 Å². The molecule has 0 aromatic heterocycles. The van der Waals surface area contributed by atoms with Crippen LogP contribution in [0.4, 0.5) is 4.39 Å². The van der Waals surface area contributed by atoms with Gasteiger partial charge in [0, 0.05) is 10.6 Å². The lowest BCUT2D eigenvalue weighted by Gasteiger charge is -2.21. The van der Waals surface area contributed by atoms with Gasteiger partial charge in [-0.1, -0.05) is 29.3 Å². The van der Waals surface area contributed by atoms with Crippen LogP contribution in [0.15, 0.2) is 29.8 Å². The van der Waals surface area contributed by atoms with E-state index >= 15 is 0 Å². The summed E-state index contributed by atoms with van der Waals surface area (Å²) in [7, 11) is 0. The molecule has 0 saturated heterocycles. The smallest absolute Gasteiger partial charge is 0.129 e. The molecular weight excluding hydrogens is 251 g/mol. The van der Waals surface area contributed by atoms with Gasteiger partial charge in [-0.2, -0.15) is 0 Å². The Morgan fingerprint density at radius 1 is 1.39 bits per heavy atom. The fraction of sp³-hybridized carbons (Fsp3) is 0.429. The van der Waals surface area contributed by atoms with E-state index in [4.69, 9.17) is 17.4 Å². The molecule has 3 N–H and O–H groups in total. The van der Waals surface area contributed by atoms with Crippen LogP contribution in [0.25, 0.3) is 0 Å². The van der Waals surface area contributed by atoms with E-state index in [0.717, 1.165) is 19.3 Å². The molecule has 0 heterocycles. The third-order valence-electron chi connectivity index (χ3n) is 3.39. The molecule has 0 radical (unpaired) electrons. The second-order valence-corrected chi connectivity index (χ2v) is 5.13. The molecule has 4 heteroatoms. The molecule has 2 nitrogen and oxygen atoms in total. The number of nitrogens with two attached hydrogens (primary N) is 1. The van der Waals surface area contributed by atoms with Gasteiger partial charge in [0.15, 0.2) is 0 Å². The maximum Gasteiger partial charge on any atom is 0.129 e. The number of hydrogen-bond acceptors (Lipinski definition) is 2. The van der Waals surface area contributed by atoms with Crippen LogP contribution in [0.5, 0.6) is 0 Å². The van der Waals surface area contributed by atoms with Gasteiger partial charge in [0.2, 0.25) is 0 Å². The topological polar surface area (TPSA) is 38.0 Å². The number of halogens is 2. The normalized spacial score (nSPS) is 17.4. The van der Waals surface area contributed by atoms with E-state index in [2.05, 4.69) is 11.5 Å². The molecule has 1 aliphatic carbocycles. The highest BCUT2D eigenvalue weighted by atomic mass is 35.5. The largest absolute Gasteiger partial charge is 0.271 e. The van der Waals surface area contributed by atoms with Crippen molar-refractivity contribution in [3.05, 3.63) is 46.3 Å². The molecule has 0 fully saturated rings. The molecule has 1 unspecified atom stereocenters. The monoisotopic (exact) mass is 268 g/mol. The Morgan fingerprint density at radius 3 is 2.83 bits per heavy atom. The minimum Gasteiger partial charge on any atom is -0.271 e. The summed E-state index contributed by atoms with van der Waals surface area (Å²) in [6.07, 6.45) is 7.69. The maximum atomic E-state index is 13.8. The van der Waals surface area contributed by atoms with E-state index in [9.17, 15) is 4.39 Å². The first kappa shape index (κ1) is 13.5. The number of allylic oxidation sites excluding steroid dienone is 1. The molecule has 0 amide bonds. The van der Waals surface area contributed by atoms with Crippen LogP contribution in [0.3, 0.4) is 0 Å².